The zero-order valence-corrected chi connectivity index (χ0v) is 20.4. The lowest BCUT2D eigenvalue weighted by atomic mass is 10.1. The molecule has 0 fully saturated rings. The van der Waals surface area contributed by atoms with Crippen LogP contribution in [0.15, 0.2) is 79.1 Å². The third-order valence-corrected chi connectivity index (χ3v) is 5.38. The van der Waals surface area contributed by atoms with Gasteiger partial charge in [0.25, 0.3) is 5.91 Å². The first-order valence-corrected chi connectivity index (χ1v) is 11.7. The number of pyridine rings is 2. The van der Waals surface area contributed by atoms with Gasteiger partial charge in [-0.2, -0.15) is 0 Å². The summed E-state index contributed by atoms with van der Waals surface area (Å²) in [5.41, 5.74) is 4.88. The van der Waals surface area contributed by atoms with Crippen molar-refractivity contribution in [1.29, 1.82) is 0 Å². The van der Waals surface area contributed by atoms with Crippen molar-refractivity contribution >= 4 is 11.6 Å². The average Bonchev–Trinajstić information content (AvgIpc) is 2.85. The fourth-order valence-electron chi connectivity index (χ4n) is 3.61. The molecule has 6 heteroatoms. The number of anilines is 1. The van der Waals surface area contributed by atoms with Gasteiger partial charge in [0.1, 0.15) is 11.5 Å². The van der Waals surface area contributed by atoms with E-state index in [-0.39, 0.29) is 12.0 Å². The van der Waals surface area contributed by atoms with Crippen LogP contribution in [0, 0.1) is 6.92 Å². The zero-order chi connectivity index (χ0) is 24.8. The largest absolute Gasteiger partial charge is 0.491 e. The second kappa shape index (κ2) is 10.8. The highest BCUT2D eigenvalue weighted by Gasteiger charge is 2.14. The molecule has 2 aromatic carbocycles. The molecule has 0 saturated heterocycles. The van der Waals surface area contributed by atoms with Crippen molar-refractivity contribution in [3.05, 3.63) is 95.9 Å². The Hall–Kier alpha value is -4.19. The number of benzene rings is 2. The van der Waals surface area contributed by atoms with Crippen LogP contribution in [0.4, 0.5) is 5.69 Å². The van der Waals surface area contributed by atoms with Crippen molar-refractivity contribution in [3.63, 3.8) is 0 Å². The molecule has 0 radical (unpaired) electrons. The highest BCUT2D eigenvalue weighted by Crippen LogP contribution is 2.33. The molecule has 178 valence electrons. The second-order valence-electron chi connectivity index (χ2n) is 8.48. The molecule has 0 bridgehead atoms. The van der Waals surface area contributed by atoms with E-state index < -0.39 is 0 Å². The number of ether oxygens (including phenoxy) is 2. The number of carbonyl (C=O) groups is 1. The Labute approximate surface area is 206 Å². The molecule has 6 nitrogen and oxygen atoms in total. The van der Waals surface area contributed by atoms with E-state index >= 15 is 0 Å². The molecular formula is C29H29N3O3. The Bertz CT molecular complexity index is 1330. The van der Waals surface area contributed by atoms with E-state index in [1.54, 1.807) is 24.5 Å². The first kappa shape index (κ1) is 24.0. The minimum atomic E-state index is -0.237. The van der Waals surface area contributed by atoms with Crippen LogP contribution in [0.25, 0.3) is 11.1 Å². The molecule has 2 aromatic heterocycles. The van der Waals surface area contributed by atoms with Gasteiger partial charge in [0.15, 0.2) is 0 Å². The molecule has 0 atom stereocenters. The summed E-state index contributed by atoms with van der Waals surface area (Å²) >= 11 is 0. The molecule has 0 unspecified atom stereocenters. The van der Waals surface area contributed by atoms with E-state index in [4.69, 9.17) is 9.47 Å². The fourth-order valence-corrected chi connectivity index (χ4v) is 3.61. The minimum absolute atomic E-state index is 0.0509. The molecule has 4 aromatic rings. The number of aromatic nitrogens is 2. The minimum Gasteiger partial charge on any atom is -0.491 e. The summed E-state index contributed by atoms with van der Waals surface area (Å²) in [4.78, 5) is 21.8. The number of aryl methyl sites for hydroxylation is 2. The Morgan fingerprint density at radius 3 is 2.63 bits per heavy atom. The molecule has 0 spiro atoms. The third-order valence-electron chi connectivity index (χ3n) is 5.38. The van der Waals surface area contributed by atoms with E-state index in [9.17, 15) is 4.79 Å². The first-order valence-electron chi connectivity index (χ1n) is 11.7. The van der Waals surface area contributed by atoms with Crippen LogP contribution >= 0.6 is 0 Å². The highest BCUT2D eigenvalue weighted by atomic mass is 16.5. The lowest BCUT2D eigenvalue weighted by molar-refractivity contribution is 0.102. The van der Waals surface area contributed by atoms with Crippen LogP contribution in [0.5, 0.6) is 17.4 Å². The SMILES string of the molecule is CCc1cc(-c2cccnc2Oc2cc(C(=O)Nc3cccc(OC(C)C)c3)ccc2C)ccn1. The topological polar surface area (TPSA) is 73.3 Å². The van der Waals surface area contributed by atoms with E-state index in [0.29, 0.717) is 28.6 Å². The third kappa shape index (κ3) is 6.03. The number of amides is 1. The molecule has 0 saturated carbocycles. The Kier molecular flexibility index (Phi) is 7.41. The smallest absolute Gasteiger partial charge is 0.255 e. The molecule has 2 heterocycles. The van der Waals surface area contributed by atoms with Crippen LogP contribution in [0.3, 0.4) is 0 Å². The predicted octanol–water partition coefficient (Wildman–Crippen LogP) is 6.85. The van der Waals surface area contributed by atoms with Gasteiger partial charge in [-0.1, -0.05) is 19.1 Å². The Morgan fingerprint density at radius 1 is 0.971 bits per heavy atom. The number of nitrogens with one attached hydrogen (secondary N) is 1. The molecule has 0 aliphatic rings. The zero-order valence-electron chi connectivity index (χ0n) is 20.4. The van der Waals surface area contributed by atoms with E-state index in [1.165, 1.54) is 0 Å². The van der Waals surface area contributed by atoms with Gasteiger partial charge in [0.05, 0.1) is 6.10 Å². The number of hydrogen-bond donors (Lipinski definition) is 1. The number of nitrogens with zero attached hydrogens (tertiary/aromatic N) is 2. The lowest BCUT2D eigenvalue weighted by Gasteiger charge is -2.14. The summed E-state index contributed by atoms with van der Waals surface area (Å²) in [6, 6.07) is 20.6. The van der Waals surface area contributed by atoms with Crippen molar-refractivity contribution in [2.75, 3.05) is 5.32 Å². The van der Waals surface area contributed by atoms with E-state index in [0.717, 1.165) is 28.8 Å². The molecule has 4 rings (SSSR count). The Balaban J connectivity index is 1.58. The normalized spacial score (nSPS) is 10.8. The van der Waals surface area contributed by atoms with Crippen molar-refractivity contribution in [1.82, 2.24) is 9.97 Å². The summed E-state index contributed by atoms with van der Waals surface area (Å²) < 4.78 is 12.0. The maximum absolute atomic E-state index is 13.0. The van der Waals surface area contributed by atoms with Gasteiger partial charge in [0, 0.05) is 41.0 Å². The standard InChI is InChI=1S/C29H29N3O3/c1-5-23-16-21(13-15-30-23)26-10-7-14-31-29(26)35-27-17-22(12-11-20(27)4)28(33)32-24-8-6-9-25(18-24)34-19(2)3/h6-19H,5H2,1-4H3,(H,32,33). The monoisotopic (exact) mass is 467 g/mol. The summed E-state index contributed by atoms with van der Waals surface area (Å²) in [5, 5.41) is 2.94. The van der Waals surface area contributed by atoms with Crippen molar-refractivity contribution in [3.8, 4) is 28.5 Å². The number of hydrogen-bond acceptors (Lipinski definition) is 5. The van der Waals surface area contributed by atoms with Gasteiger partial charge < -0.3 is 14.8 Å². The van der Waals surface area contributed by atoms with Crippen molar-refractivity contribution in [2.45, 2.75) is 40.2 Å². The van der Waals surface area contributed by atoms with Gasteiger partial charge >= 0.3 is 0 Å². The lowest BCUT2D eigenvalue weighted by Crippen LogP contribution is -2.12. The van der Waals surface area contributed by atoms with Gasteiger partial charge in [-0.25, -0.2) is 4.98 Å². The van der Waals surface area contributed by atoms with Gasteiger partial charge in [0.2, 0.25) is 5.88 Å². The van der Waals surface area contributed by atoms with Crippen LogP contribution in [0.1, 0.15) is 42.4 Å². The van der Waals surface area contributed by atoms with Crippen LogP contribution < -0.4 is 14.8 Å². The second-order valence-corrected chi connectivity index (χ2v) is 8.48. The van der Waals surface area contributed by atoms with Gasteiger partial charge in [-0.15, -0.1) is 0 Å². The highest BCUT2D eigenvalue weighted by molar-refractivity contribution is 6.04. The molecular weight excluding hydrogens is 438 g/mol. The average molecular weight is 468 g/mol. The summed E-state index contributed by atoms with van der Waals surface area (Å²) in [5.74, 6) is 1.51. The molecule has 35 heavy (non-hydrogen) atoms. The van der Waals surface area contributed by atoms with Gasteiger partial charge in [-0.05, 0) is 86.8 Å². The van der Waals surface area contributed by atoms with Crippen LogP contribution in [-0.4, -0.2) is 22.0 Å². The van der Waals surface area contributed by atoms with Crippen molar-refractivity contribution < 1.29 is 14.3 Å². The number of carbonyl (C=O) groups excluding carboxylic acids is 1. The van der Waals surface area contributed by atoms with E-state index in [2.05, 4.69) is 22.2 Å². The van der Waals surface area contributed by atoms with Crippen LogP contribution in [0.2, 0.25) is 0 Å². The maximum atomic E-state index is 13.0. The fraction of sp³-hybridized carbons (Fsp3) is 0.207. The summed E-state index contributed by atoms with van der Waals surface area (Å²) in [6.07, 6.45) is 4.38. The van der Waals surface area contributed by atoms with Gasteiger partial charge in [-0.3, -0.25) is 9.78 Å². The van der Waals surface area contributed by atoms with E-state index in [1.807, 2.05) is 75.4 Å². The molecule has 1 amide bonds. The maximum Gasteiger partial charge on any atom is 0.255 e. The predicted molar refractivity (Wildman–Crippen MR) is 138 cm³/mol. The van der Waals surface area contributed by atoms with Crippen molar-refractivity contribution in [2.24, 2.45) is 0 Å². The van der Waals surface area contributed by atoms with Crippen LogP contribution in [-0.2, 0) is 6.42 Å². The summed E-state index contributed by atoms with van der Waals surface area (Å²) in [6.45, 7) is 7.93. The molecule has 1 N–H and O–H groups in total. The molecule has 0 aliphatic heterocycles. The molecule has 0 aliphatic carbocycles. The Morgan fingerprint density at radius 2 is 1.83 bits per heavy atom. The number of rotatable bonds is 8. The quantitative estimate of drug-likeness (QED) is 0.307. The summed E-state index contributed by atoms with van der Waals surface area (Å²) in [7, 11) is 0. The first-order chi connectivity index (χ1) is 16.9.